The van der Waals surface area contributed by atoms with Crippen molar-refractivity contribution < 1.29 is 34.4 Å². The quantitative estimate of drug-likeness (QED) is 0.0902. The molecule has 80 heavy (non-hydrogen) atoms. The van der Waals surface area contributed by atoms with E-state index in [4.69, 9.17) is 9.47 Å². The van der Waals surface area contributed by atoms with Crippen molar-refractivity contribution in [2.45, 2.75) is 224 Å². The highest BCUT2D eigenvalue weighted by Gasteiger charge is 2.80. The number of ether oxygens (including phenoxy) is 2. The zero-order valence-corrected chi connectivity index (χ0v) is 49.4. The Labute approximate surface area is 474 Å². The maximum atomic E-state index is 16.0. The number of hydrogen-bond donors (Lipinski definition) is 6. The van der Waals surface area contributed by atoms with Gasteiger partial charge in [0.05, 0.1) is 40.4 Å². The van der Waals surface area contributed by atoms with Gasteiger partial charge in [0.25, 0.3) is 0 Å². The van der Waals surface area contributed by atoms with Crippen LogP contribution in [0.4, 0.5) is 0 Å². The topological polar surface area (TPSA) is 165 Å². The summed E-state index contributed by atoms with van der Waals surface area (Å²) in [5.41, 5.74) is 9.96. The number of hydrogen-bond acceptors (Lipinski definition) is 8. The van der Waals surface area contributed by atoms with Crippen LogP contribution in [0.15, 0.2) is 47.9 Å². The monoisotopic (exact) mass is 1090 g/mol. The molecule has 7 fully saturated rings. The predicted molar refractivity (Wildman–Crippen MR) is 309 cm³/mol. The molecule has 2 bridgehead atoms. The summed E-state index contributed by atoms with van der Waals surface area (Å²) in [7, 11) is 2.01. The van der Waals surface area contributed by atoms with Gasteiger partial charge in [-0.15, -0.1) is 0 Å². The van der Waals surface area contributed by atoms with Gasteiger partial charge in [0.1, 0.15) is 11.9 Å². The second-order valence-corrected chi connectivity index (χ2v) is 30.6. The summed E-state index contributed by atoms with van der Waals surface area (Å²) in [4.78, 5) is 39.5. The van der Waals surface area contributed by atoms with Crippen LogP contribution in [-0.4, -0.2) is 92.1 Å². The fourth-order valence-corrected chi connectivity index (χ4v) is 22.9. The van der Waals surface area contributed by atoms with E-state index in [0.717, 1.165) is 80.1 Å². The number of rotatable bonds is 9. The third-order valence-corrected chi connectivity index (χ3v) is 26.7. The van der Waals surface area contributed by atoms with E-state index in [2.05, 4.69) is 105 Å². The van der Waals surface area contributed by atoms with Crippen molar-refractivity contribution in [3.05, 3.63) is 92.6 Å². The number of aliphatic hydroxyl groups is 3. The van der Waals surface area contributed by atoms with Gasteiger partial charge in [-0.3, -0.25) is 9.59 Å². The summed E-state index contributed by atoms with van der Waals surface area (Å²) in [6.45, 7) is 18.6. The molecule has 16 atom stereocenters. The molecule has 0 radical (unpaired) electrons. The van der Waals surface area contributed by atoms with Crippen LogP contribution in [0, 0.1) is 56.2 Å². The van der Waals surface area contributed by atoms with Crippen molar-refractivity contribution in [2.75, 3.05) is 26.8 Å². The first-order valence-corrected chi connectivity index (χ1v) is 32.0. The molecular formula is C69H92N4O7. The van der Waals surface area contributed by atoms with Gasteiger partial charge in [-0.1, -0.05) is 59.6 Å². The smallest absolute Gasteiger partial charge is 0.160 e. The van der Waals surface area contributed by atoms with E-state index in [0.29, 0.717) is 81.8 Å². The Hall–Kier alpha value is -3.84. The van der Waals surface area contributed by atoms with E-state index in [1.807, 2.05) is 7.05 Å². The highest BCUT2D eigenvalue weighted by atomic mass is 16.6. The molecule has 6 heterocycles. The van der Waals surface area contributed by atoms with Gasteiger partial charge in [0, 0.05) is 92.0 Å². The van der Waals surface area contributed by atoms with E-state index in [1.54, 1.807) is 0 Å². The Morgan fingerprint density at radius 1 is 0.900 bits per heavy atom. The molecule has 16 unspecified atom stereocenters. The average molecular weight is 1090 g/mol. The molecule has 8 aliphatic carbocycles. The van der Waals surface area contributed by atoms with E-state index >= 15 is 9.59 Å². The molecule has 2 saturated heterocycles. The maximum absolute atomic E-state index is 16.0. The molecule has 1 spiro atoms. The lowest BCUT2D eigenvalue weighted by molar-refractivity contribution is -0.267. The average Bonchev–Trinajstić information content (AvgIpc) is 3.14. The number of H-pyrrole nitrogens is 2. The van der Waals surface area contributed by atoms with Crippen molar-refractivity contribution in [3.8, 4) is 0 Å². The summed E-state index contributed by atoms with van der Waals surface area (Å²) >= 11 is 0. The number of benzene rings is 1. The highest BCUT2D eigenvalue weighted by molar-refractivity contribution is 6.02. The molecule has 4 aromatic rings. The predicted octanol–water partition coefficient (Wildman–Crippen LogP) is 11.5. The molecule has 430 valence electrons. The molecule has 0 amide bonds. The van der Waals surface area contributed by atoms with E-state index in [-0.39, 0.29) is 35.1 Å². The van der Waals surface area contributed by atoms with Crippen LogP contribution in [0.2, 0.25) is 0 Å². The van der Waals surface area contributed by atoms with Gasteiger partial charge in [0.2, 0.25) is 0 Å². The van der Waals surface area contributed by atoms with Gasteiger partial charge in [0.15, 0.2) is 5.78 Å². The first kappa shape index (κ1) is 52.9. The number of carbonyl (C=O) groups is 2. The van der Waals surface area contributed by atoms with Crippen LogP contribution in [0.1, 0.15) is 214 Å². The van der Waals surface area contributed by atoms with Gasteiger partial charge in [-0.2, -0.15) is 0 Å². The number of nitrogens with one attached hydrogen (secondary N) is 3. The summed E-state index contributed by atoms with van der Waals surface area (Å²) < 4.78 is 14.5. The van der Waals surface area contributed by atoms with Gasteiger partial charge >= 0.3 is 0 Å². The standard InChI is InChI=1S/C69H92N4O7/c1-62(2)61(80-62)50(75)33-63(3)19-15-41-35-72-56-42(29-38-30-46-43-12-10-9-11-39(43)13-14-44(46)48(31-38)69(78)23-27-79-28-24-69)36-73(57(41)56)37-47-52-54(63)49(74)34-66(52,6)65(5)20-17-51-64(4,22-26-70-8)60(77)53-45-18-25-71-55(45)40-16-21-68(53,32-40)67(51,7)59(65)58(47)76/h18,25,30-31,35-36,39-40,43,47,50-51,53,58-59,61,70-72,75-76,78H,9-17,19-24,26-29,32-34,37H2,1-8H3. The van der Waals surface area contributed by atoms with Gasteiger partial charge < -0.3 is 44.6 Å². The van der Waals surface area contributed by atoms with Gasteiger partial charge in [-0.05, 0) is 213 Å². The lowest BCUT2D eigenvalue weighted by atomic mass is 9.28. The van der Waals surface area contributed by atoms with Crippen LogP contribution in [0.25, 0.3) is 11.0 Å². The normalized spacial score (nSPS) is 42.2. The highest BCUT2D eigenvalue weighted by Crippen LogP contribution is 2.83. The van der Waals surface area contributed by atoms with E-state index < -0.39 is 56.4 Å². The number of epoxide rings is 1. The van der Waals surface area contributed by atoms with Crippen molar-refractivity contribution in [1.82, 2.24) is 19.9 Å². The molecule has 11 aliphatic rings. The summed E-state index contributed by atoms with van der Waals surface area (Å²) in [5.74, 6) is 1.36. The summed E-state index contributed by atoms with van der Waals surface area (Å²) in [5, 5.41) is 43.0. The first-order valence-electron chi connectivity index (χ1n) is 32.0. The minimum Gasteiger partial charge on any atom is -0.392 e. The Balaban J connectivity index is 0.910. The number of aromatic amines is 2. The van der Waals surface area contributed by atoms with Crippen molar-refractivity contribution in [2.24, 2.45) is 56.2 Å². The van der Waals surface area contributed by atoms with Crippen LogP contribution < -0.4 is 5.32 Å². The molecule has 3 aromatic heterocycles. The van der Waals surface area contributed by atoms with Crippen molar-refractivity contribution >= 4 is 22.6 Å². The molecule has 6 N–H and O–H groups in total. The number of Topliss-reactive ketones (excluding diaryl/α,β-unsaturated/α-hetero) is 2. The van der Waals surface area contributed by atoms with Crippen molar-refractivity contribution in [3.63, 3.8) is 0 Å². The van der Waals surface area contributed by atoms with Crippen molar-refractivity contribution in [1.29, 1.82) is 0 Å². The minimum atomic E-state index is -0.911. The SMILES string of the molecule is CNCCC1(C)C(=O)C2c3cc[nH]c3C3CCC2(C3)C2(C)C1CCC1(C)C2C(O)C2Cn3cc(Cc4cc5c(c(C6(O)CCOCC6)c4)CCC4CCCCC54)c4[nH]cc(c43)CCC(C)(CC(O)C3OC3(C)C)C3=C2C1(C)CC3=O. The minimum absolute atomic E-state index is 0.0531. The number of ketones is 2. The third-order valence-electron chi connectivity index (χ3n) is 26.7. The summed E-state index contributed by atoms with van der Waals surface area (Å²) in [6.07, 6.45) is 21.6. The second kappa shape index (κ2) is 17.6. The Morgan fingerprint density at radius 2 is 1.69 bits per heavy atom. The number of allylic oxidation sites excluding steroid dienone is 1. The Morgan fingerprint density at radius 3 is 2.46 bits per heavy atom. The lowest BCUT2D eigenvalue weighted by Gasteiger charge is -2.76. The molecule has 1 aromatic carbocycles. The fourth-order valence-electron chi connectivity index (χ4n) is 22.9. The van der Waals surface area contributed by atoms with Crippen LogP contribution in [0.3, 0.4) is 0 Å². The van der Waals surface area contributed by atoms with Gasteiger partial charge in [-0.25, -0.2) is 0 Å². The number of aliphatic hydroxyl groups excluding tert-OH is 2. The van der Waals surface area contributed by atoms with Crippen LogP contribution in [-0.2, 0) is 50.5 Å². The Kier molecular flexibility index (Phi) is 11.7. The third kappa shape index (κ3) is 6.88. The maximum Gasteiger partial charge on any atom is 0.160 e. The molecule has 5 saturated carbocycles. The number of aromatic nitrogens is 3. The number of aryl methyl sites for hydroxylation is 1. The zero-order chi connectivity index (χ0) is 55.5. The van der Waals surface area contributed by atoms with Crippen LogP contribution >= 0.6 is 0 Å². The molecule has 15 rings (SSSR count). The molecular weight excluding hydrogens is 997 g/mol. The first-order chi connectivity index (χ1) is 38.1. The fraction of sp³-hybridized carbons (Fsp3) is 0.710. The number of fused-ring (bicyclic) bond motifs is 11. The Bertz CT molecular complexity index is 3260. The number of carbonyl (C=O) groups excluding carboxylic acids is 2. The van der Waals surface area contributed by atoms with E-state index in [9.17, 15) is 15.3 Å². The van der Waals surface area contributed by atoms with Crippen LogP contribution in [0.5, 0.6) is 0 Å². The molecule has 3 aliphatic heterocycles. The van der Waals surface area contributed by atoms with E-state index in [1.165, 1.54) is 76.7 Å². The molecule has 11 nitrogen and oxygen atoms in total. The second-order valence-electron chi connectivity index (χ2n) is 30.6. The molecule has 11 heteroatoms. The summed E-state index contributed by atoms with van der Waals surface area (Å²) in [6, 6.07) is 7.13. The zero-order valence-electron chi connectivity index (χ0n) is 49.4. The number of nitrogens with zero attached hydrogens (tertiary/aromatic N) is 1. The lowest BCUT2D eigenvalue weighted by Crippen LogP contribution is -2.74. The largest absolute Gasteiger partial charge is 0.392 e.